The van der Waals surface area contributed by atoms with Crippen molar-refractivity contribution in [2.45, 2.75) is 59.2 Å². The summed E-state index contributed by atoms with van der Waals surface area (Å²) in [5.41, 5.74) is 2.09. The first-order chi connectivity index (χ1) is 13.7. The normalized spacial score (nSPS) is 12.9. The summed E-state index contributed by atoms with van der Waals surface area (Å²) in [6.07, 6.45) is 0.577. The molecule has 0 aliphatic rings. The summed E-state index contributed by atoms with van der Waals surface area (Å²) in [5, 5.41) is 3.12. The quantitative estimate of drug-likeness (QED) is 0.677. The van der Waals surface area contributed by atoms with Crippen molar-refractivity contribution < 1.29 is 14.0 Å². The number of aryl methyl sites for hydroxylation is 1. The molecular formula is C23H28ClFN2O2. The molecule has 0 saturated carbocycles. The van der Waals surface area contributed by atoms with E-state index < -0.39 is 11.9 Å². The van der Waals surface area contributed by atoms with Gasteiger partial charge in [-0.05, 0) is 50.5 Å². The van der Waals surface area contributed by atoms with E-state index in [0.29, 0.717) is 0 Å². The lowest BCUT2D eigenvalue weighted by Crippen LogP contribution is -2.50. The molecule has 2 atom stereocenters. The molecule has 2 rings (SSSR count). The number of carbonyl (C=O) groups excluding carboxylic acids is 2. The van der Waals surface area contributed by atoms with Gasteiger partial charge in [0, 0.05) is 23.2 Å². The van der Waals surface area contributed by atoms with Crippen molar-refractivity contribution in [3.05, 3.63) is 70.0 Å². The van der Waals surface area contributed by atoms with Gasteiger partial charge in [-0.1, -0.05) is 48.9 Å². The molecule has 1 N–H and O–H groups in total. The van der Waals surface area contributed by atoms with Gasteiger partial charge in [-0.25, -0.2) is 4.39 Å². The van der Waals surface area contributed by atoms with E-state index in [1.165, 1.54) is 17.0 Å². The van der Waals surface area contributed by atoms with Gasteiger partial charge in [-0.15, -0.1) is 0 Å². The topological polar surface area (TPSA) is 49.4 Å². The third-order valence-corrected chi connectivity index (χ3v) is 5.51. The van der Waals surface area contributed by atoms with E-state index in [-0.39, 0.29) is 41.4 Å². The molecule has 0 unspecified atom stereocenters. The number of hydrogen-bond acceptors (Lipinski definition) is 2. The van der Waals surface area contributed by atoms with E-state index in [0.717, 1.165) is 17.5 Å². The van der Waals surface area contributed by atoms with Gasteiger partial charge in [0.25, 0.3) is 0 Å². The second-order valence-corrected chi connectivity index (χ2v) is 7.73. The van der Waals surface area contributed by atoms with Gasteiger partial charge < -0.3 is 10.2 Å². The minimum absolute atomic E-state index is 0.00127. The Morgan fingerprint density at radius 3 is 2.45 bits per heavy atom. The first-order valence-corrected chi connectivity index (χ1v) is 10.2. The molecule has 29 heavy (non-hydrogen) atoms. The minimum Gasteiger partial charge on any atom is -0.352 e. The number of rotatable bonds is 8. The van der Waals surface area contributed by atoms with Crippen LogP contribution in [0.3, 0.4) is 0 Å². The third-order valence-electron chi connectivity index (χ3n) is 5.16. The van der Waals surface area contributed by atoms with E-state index in [1.807, 2.05) is 45.0 Å². The number of amides is 2. The fraction of sp³-hybridized carbons (Fsp3) is 0.391. The largest absolute Gasteiger partial charge is 0.352 e. The Hall–Kier alpha value is -2.40. The van der Waals surface area contributed by atoms with Crippen molar-refractivity contribution in [1.29, 1.82) is 0 Å². The Balaban J connectivity index is 2.31. The highest BCUT2D eigenvalue weighted by Crippen LogP contribution is 2.22. The molecule has 0 aliphatic carbocycles. The van der Waals surface area contributed by atoms with Crippen LogP contribution in [0.4, 0.5) is 4.39 Å². The van der Waals surface area contributed by atoms with Crippen molar-refractivity contribution >= 4 is 23.4 Å². The highest BCUT2D eigenvalue weighted by molar-refractivity contribution is 6.31. The van der Waals surface area contributed by atoms with Crippen LogP contribution in [0, 0.1) is 12.7 Å². The molecule has 2 amide bonds. The van der Waals surface area contributed by atoms with Crippen LogP contribution in [0.2, 0.25) is 5.02 Å². The fourth-order valence-electron chi connectivity index (χ4n) is 2.97. The molecule has 0 fully saturated rings. The maximum absolute atomic E-state index is 14.2. The number of benzene rings is 2. The Morgan fingerprint density at radius 2 is 1.83 bits per heavy atom. The van der Waals surface area contributed by atoms with E-state index in [2.05, 4.69) is 5.32 Å². The van der Waals surface area contributed by atoms with Crippen LogP contribution in [0.25, 0.3) is 0 Å². The van der Waals surface area contributed by atoms with E-state index in [4.69, 9.17) is 11.6 Å². The maximum Gasteiger partial charge on any atom is 0.242 e. The molecule has 0 aromatic heterocycles. The molecule has 0 heterocycles. The first-order valence-electron chi connectivity index (χ1n) is 9.81. The zero-order chi connectivity index (χ0) is 21.6. The van der Waals surface area contributed by atoms with E-state index in [1.54, 1.807) is 13.0 Å². The Morgan fingerprint density at radius 1 is 1.14 bits per heavy atom. The molecule has 4 nitrogen and oxygen atoms in total. The highest BCUT2D eigenvalue weighted by atomic mass is 35.5. The van der Waals surface area contributed by atoms with Crippen LogP contribution >= 0.6 is 11.6 Å². The van der Waals surface area contributed by atoms with Gasteiger partial charge in [-0.2, -0.15) is 0 Å². The van der Waals surface area contributed by atoms with Gasteiger partial charge in [0.15, 0.2) is 0 Å². The van der Waals surface area contributed by atoms with Crippen LogP contribution in [0.15, 0.2) is 42.5 Å². The molecule has 2 aromatic rings. The number of hydrogen-bond donors (Lipinski definition) is 1. The van der Waals surface area contributed by atoms with E-state index >= 15 is 0 Å². The van der Waals surface area contributed by atoms with Gasteiger partial charge in [0.2, 0.25) is 11.8 Å². The Labute approximate surface area is 177 Å². The molecule has 2 aromatic carbocycles. The highest BCUT2D eigenvalue weighted by Gasteiger charge is 2.28. The lowest BCUT2D eigenvalue weighted by atomic mass is 10.1. The number of nitrogens with zero attached hydrogens (tertiary/aromatic N) is 1. The second-order valence-electron chi connectivity index (χ2n) is 7.32. The molecule has 0 bridgehead atoms. The summed E-state index contributed by atoms with van der Waals surface area (Å²) in [6, 6.07) is 11.3. The van der Waals surface area contributed by atoms with Gasteiger partial charge >= 0.3 is 0 Å². The summed E-state index contributed by atoms with van der Waals surface area (Å²) >= 11 is 6.10. The smallest absolute Gasteiger partial charge is 0.242 e. The van der Waals surface area contributed by atoms with Crippen LogP contribution in [-0.4, -0.2) is 28.8 Å². The summed E-state index contributed by atoms with van der Waals surface area (Å²) in [7, 11) is 0. The van der Waals surface area contributed by atoms with Gasteiger partial charge in [-0.3, -0.25) is 9.59 Å². The molecular weight excluding hydrogens is 391 g/mol. The first kappa shape index (κ1) is 22.9. The van der Waals surface area contributed by atoms with Crippen LogP contribution in [-0.2, 0) is 22.6 Å². The second kappa shape index (κ2) is 10.4. The fourth-order valence-corrected chi connectivity index (χ4v) is 3.20. The SMILES string of the molecule is CC[C@H](C)NC(=O)[C@@H](C)N(Cc1ccccc1C)C(=O)Cc1c(F)cccc1Cl. The average Bonchev–Trinajstić information content (AvgIpc) is 2.69. The lowest BCUT2D eigenvalue weighted by Gasteiger charge is -2.30. The molecule has 0 aliphatic heterocycles. The molecule has 0 saturated heterocycles. The summed E-state index contributed by atoms with van der Waals surface area (Å²) in [5.74, 6) is -1.12. The van der Waals surface area contributed by atoms with Gasteiger partial charge in [0.05, 0.1) is 6.42 Å². The predicted molar refractivity (Wildman–Crippen MR) is 114 cm³/mol. The summed E-state index contributed by atoms with van der Waals surface area (Å²) in [6.45, 7) is 7.79. The molecule has 6 heteroatoms. The standard InChI is InChI=1S/C23H28ClFN2O2/c1-5-16(3)26-23(29)17(4)27(14-18-10-7-6-9-15(18)2)22(28)13-19-20(24)11-8-12-21(19)25/h6-12,16-17H,5,13-14H2,1-4H3,(H,26,29)/t16-,17+/m0/s1. The van der Waals surface area contributed by atoms with Crippen molar-refractivity contribution in [3.63, 3.8) is 0 Å². The lowest BCUT2D eigenvalue weighted by molar-refractivity contribution is -0.140. The average molecular weight is 419 g/mol. The Bertz CT molecular complexity index is 851. The minimum atomic E-state index is -0.707. The molecule has 0 radical (unpaired) electrons. The zero-order valence-electron chi connectivity index (χ0n) is 17.3. The monoisotopic (exact) mass is 418 g/mol. The van der Waals surface area contributed by atoms with Crippen LogP contribution in [0.5, 0.6) is 0 Å². The number of carbonyl (C=O) groups is 2. The number of halogens is 2. The van der Waals surface area contributed by atoms with Crippen molar-refractivity contribution in [2.24, 2.45) is 0 Å². The summed E-state index contributed by atoms with van der Waals surface area (Å²) in [4.78, 5) is 27.4. The molecule has 0 spiro atoms. The summed E-state index contributed by atoms with van der Waals surface area (Å²) < 4.78 is 14.2. The maximum atomic E-state index is 14.2. The number of nitrogens with one attached hydrogen (secondary N) is 1. The Kier molecular flexibility index (Phi) is 8.21. The third kappa shape index (κ3) is 6.04. The van der Waals surface area contributed by atoms with Crippen LogP contribution < -0.4 is 5.32 Å². The van der Waals surface area contributed by atoms with Crippen molar-refractivity contribution in [1.82, 2.24) is 10.2 Å². The molecule has 156 valence electrons. The zero-order valence-corrected chi connectivity index (χ0v) is 18.1. The van der Waals surface area contributed by atoms with Crippen molar-refractivity contribution in [3.8, 4) is 0 Å². The predicted octanol–water partition coefficient (Wildman–Crippen LogP) is 4.66. The van der Waals surface area contributed by atoms with Crippen molar-refractivity contribution in [2.75, 3.05) is 0 Å². The van der Waals surface area contributed by atoms with E-state index in [9.17, 15) is 14.0 Å². The van der Waals surface area contributed by atoms with Crippen LogP contribution in [0.1, 0.15) is 43.9 Å². The van der Waals surface area contributed by atoms with Gasteiger partial charge in [0.1, 0.15) is 11.9 Å².